The van der Waals surface area contributed by atoms with Gasteiger partial charge in [-0.05, 0) is 26.0 Å². The quantitative estimate of drug-likeness (QED) is 0.620. The summed E-state index contributed by atoms with van der Waals surface area (Å²) in [5.41, 5.74) is 5.32. The lowest BCUT2D eigenvalue weighted by Crippen LogP contribution is -1.79. The third kappa shape index (κ3) is 1.72. The average molecular weight is 223 g/mol. The van der Waals surface area contributed by atoms with Crippen molar-refractivity contribution in [3.05, 3.63) is 53.6 Å². The summed E-state index contributed by atoms with van der Waals surface area (Å²) in [6.45, 7) is 4.15. The molecule has 0 bridgehead atoms. The zero-order valence-corrected chi connectivity index (χ0v) is 9.90. The van der Waals surface area contributed by atoms with Gasteiger partial charge in [-0.15, -0.1) is 0 Å². The van der Waals surface area contributed by atoms with E-state index >= 15 is 0 Å². The fourth-order valence-electron chi connectivity index (χ4n) is 1.97. The van der Waals surface area contributed by atoms with Crippen molar-refractivity contribution in [2.24, 2.45) is 0 Å². The number of hydrogen-bond acceptors (Lipinski definition) is 2. The maximum Gasteiger partial charge on any atom is 0.167 e. The van der Waals surface area contributed by atoms with E-state index in [0.29, 0.717) is 0 Å². The fourth-order valence-corrected chi connectivity index (χ4v) is 1.97. The molecule has 0 fully saturated rings. The molecular formula is C15H13NO. The van der Waals surface area contributed by atoms with Gasteiger partial charge < -0.3 is 4.52 Å². The Morgan fingerprint density at radius 2 is 1.59 bits per heavy atom. The van der Waals surface area contributed by atoms with Gasteiger partial charge in [-0.3, -0.25) is 0 Å². The molecule has 1 aromatic heterocycles. The molecule has 0 radical (unpaired) electrons. The molecule has 3 aromatic rings. The van der Waals surface area contributed by atoms with Gasteiger partial charge in [-0.25, -0.2) is 0 Å². The highest BCUT2D eigenvalue weighted by atomic mass is 16.5. The Kier molecular flexibility index (Phi) is 2.22. The van der Waals surface area contributed by atoms with Crippen molar-refractivity contribution >= 4 is 11.0 Å². The van der Waals surface area contributed by atoms with Crippen molar-refractivity contribution in [2.45, 2.75) is 13.8 Å². The lowest BCUT2D eigenvalue weighted by Gasteiger charge is -1.98. The van der Waals surface area contributed by atoms with Crippen LogP contribution in [0.5, 0.6) is 0 Å². The summed E-state index contributed by atoms with van der Waals surface area (Å²) in [4.78, 5) is 0. The third-order valence-electron chi connectivity index (χ3n) is 2.95. The van der Waals surface area contributed by atoms with E-state index in [1.165, 1.54) is 11.1 Å². The second-order valence-electron chi connectivity index (χ2n) is 4.40. The van der Waals surface area contributed by atoms with E-state index in [4.69, 9.17) is 4.52 Å². The zero-order chi connectivity index (χ0) is 11.8. The summed E-state index contributed by atoms with van der Waals surface area (Å²) in [6, 6.07) is 14.4. The minimum absolute atomic E-state index is 0.839. The molecule has 0 spiro atoms. The number of benzene rings is 2. The molecule has 0 amide bonds. The molecule has 0 aliphatic heterocycles. The Labute approximate surface area is 99.9 Å². The monoisotopic (exact) mass is 223 g/mol. The van der Waals surface area contributed by atoms with Crippen LogP contribution in [-0.4, -0.2) is 5.16 Å². The number of hydrogen-bond donors (Lipinski definition) is 0. The predicted octanol–water partition coefficient (Wildman–Crippen LogP) is 4.11. The van der Waals surface area contributed by atoms with E-state index in [0.717, 1.165) is 22.2 Å². The standard InChI is InChI=1S/C15H13NO/c1-10-3-6-12(7-4-10)15-13-9-11(2)5-8-14(13)17-16-15/h3-9H,1-2H3. The van der Waals surface area contributed by atoms with Crippen LogP contribution in [0.1, 0.15) is 11.1 Å². The number of rotatable bonds is 1. The second kappa shape index (κ2) is 3.74. The zero-order valence-electron chi connectivity index (χ0n) is 9.90. The predicted molar refractivity (Wildman–Crippen MR) is 68.9 cm³/mol. The van der Waals surface area contributed by atoms with Crippen LogP contribution in [0.15, 0.2) is 47.0 Å². The first-order chi connectivity index (χ1) is 8.24. The summed E-state index contributed by atoms with van der Waals surface area (Å²) in [5, 5.41) is 5.24. The summed E-state index contributed by atoms with van der Waals surface area (Å²) in [5.74, 6) is 0. The van der Waals surface area contributed by atoms with Crippen molar-refractivity contribution in [1.82, 2.24) is 5.16 Å². The van der Waals surface area contributed by atoms with Gasteiger partial charge in [0.2, 0.25) is 0 Å². The molecule has 2 aromatic carbocycles. The Bertz CT molecular complexity index is 665. The van der Waals surface area contributed by atoms with Crippen LogP contribution in [0, 0.1) is 13.8 Å². The SMILES string of the molecule is Cc1ccc(-c2noc3ccc(C)cc23)cc1. The van der Waals surface area contributed by atoms with E-state index in [1.54, 1.807) is 0 Å². The molecule has 0 aliphatic rings. The van der Waals surface area contributed by atoms with Crippen LogP contribution in [0.25, 0.3) is 22.2 Å². The second-order valence-corrected chi connectivity index (χ2v) is 4.40. The molecule has 0 N–H and O–H groups in total. The summed E-state index contributed by atoms with van der Waals surface area (Å²) < 4.78 is 5.34. The lowest BCUT2D eigenvalue weighted by atomic mass is 10.1. The van der Waals surface area contributed by atoms with Crippen molar-refractivity contribution in [3.8, 4) is 11.3 Å². The summed E-state index contributed by atoms with van der Waals surface area (Å²) in [7, 11) is 0. The Morgan fingerprint density at radius 1 is 0.882 bits per heavy atom. The minimum atomic E-state index is 0.839. The van der Waals surface area contributed by atoms with Gasteiger partial charge in [0.1, 0.15) is 5.69 Å². The van der Waals surface area contributed by atoms with Crippen LogP contribution in [0.3, 0.4) is 0 Å². The molecule has 3 rings (SSSR count). The number of fused-ring (bicyclic) bond motifs is 1. The Morgan fingerprint density at radius 3 is 2.35 bits per heavy atom. The Hall–Kier alpha value is -2.09. The van der Waals surface area contributed by atoms with Crippen LogP contribution in [-0.2, 0) is 0 Å². The lowest BCUT2D eigenvalue weighted by molar-refractivity contribution is 0.459. The molecule has 2 heteroatoms. The van der Waals surface area contributed by atoms with Crippen LogP contribution < -0.4 is 0 Å². The molecule has 0 unspecified atom stereocenters. The molecule has 2 nitrogen and oxygen atoms in total. The normalized spacial score (nSPS) is 10.9. The fraction of sp³-hybridized carbons (Fsp3) is 0.133. The third-order valence-corrected chi connectivity index (χ3v) is 2.95. The van der Waals surface area contributed by atoms with Crippen molar-refractivity contribution in [1.29, 1.82) is 0 Å². The van der Waals surface area contributed by atoms with E-state index in [1.807, 2.05) is 12.1 Å². The summed E-state index contributed by atoms with van der Waals surface area (Å²) >= 11 is 0. The van der Waals surface area contributed by atoms with Gasteiger partial charge in [0, 0.05) is 10.9 Å². The maximum absolute atomic E-state index is 5.34. The van der Waals surface area contributed by atoms with Crippen LogP contribution in [0.2, 0.25) is 0 Å². The summed E-state index contributed by atoms with van der Waals surface area (Å²) in [6.07, 6.45) is 0. The molecule has 0 atom stereocenters. The van der Waals surface area contributed by atoms with Crippen molar-refractivity contribution in [3.63, 3.8) is 0 Å². The highest BCUT2D eigenvalue weighted by Gasteiger charge is 2.09. The van der Waals surface area contributed by atoms with Gasteiger partial charge >= 0.3 is 0 Å². The largest absolute Gasteiger partial charge is 0.356 e. The molecule has 1 heterocycles. The van der Waals surface area contributed by atoms with E-state index < -0.39 is 0 Å². The Balaban J connectivity index is 2.23. The van der Waals surface area contributed by atoms with Crippen LogP contribution >= 0.6 is 0 Å². The van der Waals surface area contributed by atoms with E-state index in [-0.39, 0.29) is 0 Å². The number of aromatic nitrogens is 1. The minimum Gasteiger partial charge on any atom is -0.356 e. The highest BCUT2D eigenvalue weighted by molar-refractivity contribution is 5.91. The first kappa shape index (κ1) is 10.1. The smallest absolute Gasteiger partial charge is 0.167 e. The van der Waals surface area contributed by atoms with Crippen molar-refractivity contribution < 1.29 is 4.52 Å². The number of aryl methyl sites for hydroxylation is 2. The number of nitrogens with zero attached hydrogens (tertiary/aromatic N) is 1. The van der Waals surface area contributed by atoms with Gasteiger partial charge in [0.25, 0.3) is 0 Å². The molecular weight excluding hydrogens is 210 g/mol. The molecule has 0 saturated heterocycles. The molecule has 0 saturated carbocycles. The van der Waals surface area contributed by atoms with Crippen molar-refractivity contribution in [2.75, 3.05) is 0 Å². The van der Waals surface area contributed by atoms with Gasteiger partial charge in [0.05, 0.1) is 0 Å². The molecule has 0 aliphatic carbocycles. The van der Waals surface area contributed by atoms with E-state index in [2.05, 4.69) is 49.3 Å². The molecule has 84 valence electrons. The van der Waals surface area contributed by atoms with E-state index in [9.17, 15) is 0 Å². The van der Waals surface area contributed by atoms with Crippen LogP contribution in [0.4, 0.5) is 0 Å². The molecule has 17 heavy (non-hydrogen) atoms. The maximum atomic E-state index is 5.34. The highest BCUT2D eigenvalue weighted by Crippen LogP contribution is 2.28. The van der Waals surface area contributed by atoms with Gasteiger partial charge in [-0.1, -0.05) is 46.6 Å². The topological polar surface area (TPSA) is 26.0 Å². The van der Waals surface area contributed by atoms with Gasteiger partial charge in [0.15, 0.2) is 5.58 Å². The first-order valence-corrected chi connectivity index (χ1v) is 5.67. The average Bonchev–Trinajstić information content (AvgIpc) is 2.73. The van der Waals surface area contributed by atoms with Gasteiger partial charge in [-0.2, -0.15) is 0 Å². The first-order valence-electron chi connectivity index (χ1n) is 5.67.